The molecule has 2 atom stereocenters. The van der Waals surface area contributed by atoms with Crippen LogP contribution in [0.15, 0.2) is 48.5 Å². The van der Waals surface area contributed by atoms with Gasteiger partial charge in [0, 0.05) is 49.3 Å². The third-order valence-corrected chi connectivity index (χ3v) is 6.11. The molecule has 2 aromatic rings. The Morgan fingerprint density at radius 2 is 1.68 bits per heavy atom. The highest BCUT2D eigenvalue weighted by Gasteiger charge is 2.43. The van der Waals surface area contributed by atoms with Crippen LogP contribution in [0.25, 0.3) is 0 Å². The lowest BCUT2D eigenvalue weighted by Crippen LogP contribution is -2.45. The molecule has 164 valence electrons. The van der Waals surface area contributed by atoms with Gasteiger partial charge >= 0.3 is 0 Å². The summed E-state index contributed by atoms with van der Waals surface area (Å²) in [4.78, 5) is 30.3. The number of hydrogen-bond donors (Lipinski definition) is 0. The average Bonchev–Trinajstić information content (AvgIpc) is 3.28. The summed E-state index contributed by atoms with van der Waals surface area (Å²) in [6.07, 6.45) is 0. The van der Waals surface area contributed by atoms with E-state index in [1.54, 1.807) is 19.1 Å². The molecule has 2 amide bonds. The van der Waals surface area contributed by atoms with Gasteiger partial charge in [-0.3, -0.25) is 9.59 Å². The lowest BCUT2D eigenvalue weighted by molar-refractivity contribution is -0.139. The Kier molecular flexibility index (Phi) is 6.42. The summed E-state index contributed by atoms with van der Waals surface area (Å²) in [5.74, 6) is 0.854. The first-order valence-electron chi connectivity index (χ1n) is 10.5. The Morgan fingerprint density at radius 3 is 2.35 bits per heavy atom. The van der Waals surface area contributed by atoms with Crippen LogP contribution < -0.4 is 9.47 Å². The van der Waals surface area contributed by atoms with E-state index in [0.717, 1.165) is 5.56 Å². The highest BCUT2D eigenvalue weighted by molar-refractivity contribution is 5.95. The maximum Gasteiger partial charge on any atom is 0.253 e. The average molecular weight is 424 g/mol. The number of likely N-dealkylation sites (tertiary alicyclic amines) is 1. The summed E-state index contributed by atoms with van der Waals surface area (Å²) in [5, 5.41) is 0. The van der Waals surface area contributed by atoms with Crippen molar-refractivity contribution in [2.24, 2.45) is 5.92 Å². The predicted octanol–water partition coefficient (Wildman–Crippen LogP) is 2.42. The second kappa shape index (κ2) is 9.39. The van der Waals surface area contributed by atoms with Gasteiger partial charge in [-0.25, -0.2) is 0 Å². The fraction of sp³-hybridized carbons (Fsp3) is 0.417. The molecular formula is C24H28N2O5. The van der Waals surface area contributed by atoms with Gasteiger partial charge in [0.05, 0.1) is 33.4 Å². The second-order valence-corrected chi connectivity index (χ2v) is 7.83. The van der Waals surface area contributed by atoms with Crippen molar-refractivity contribution in [2.75, 3.05) is 53.6 Å². The predicted molar refractivity (Wildman–Crippen MR) is 116 cm³/mol. The van der Waals surface area contributed by atoms with Gasteiger partial charge in [-0.1, -0.05) is 24.3 Å². The quantitative estimate of drug-likeness (QED) is 0.738. The van der Waals surface area contributed by atoms with Gasteiger partial charge < -0.3 is 24.0 Å². The molecule has 2 aromatic carbocycles. The van der Waals surface area contributed by atoms with Crippen molar-refractivity contribution in [3.63, 3.8) is 0 Å². The molecule has 0 aromatic heterocycles. The van der Waals surface area contributed by atoms with Crippen LogP contribution in [0.2, 0.25) is 0 Å². The molecule has 0 N–H and O–H groups in total. The Bertz CT molecular complexity index is 927. The standard InChI is InChI=1S/C24H28N2O5/c1-29-18-8-9-19(22(14-18)30-2)20-15-26(23(27)17-6-4-3-5-7-17)16-21(20)24(28)25-10-12-31-13-11-25/h3-9,14,20-21H,10-13,15-16H2,1-2H3/t20-,21-/m0/s1. The minimum atomic E-state index is -0.340. The summed E-state index contributed by atoms with van der Waals surface area (Å²) in [5.41, 5.74) is 1.54. The van der Waals surface area contributed by atoms with Gasteiger partial charge in [-0.05, 0) is 18.2 Å². The molecule has 31 heavy (non-hydrogen) atoms. The van der Waals surface area contributed by atoms with Crippen LogP contribution >= 0.6 is 0 Å². The normalized spacial score (nSPS) is 21.1. The maximum absolute atomic E-state index is 13.5. The van der Waals surface area contributed by atoms with E-state index in [0.29, 0.717) is 56.5 Å². The van der Waals surface area contributed by atoms with Crippen molar-refractivity contribution in [2.45, 2.75) is 5.92 Å². The number of carbonyl (C=O) groups excluding carboxylic acids is 2. The molecule has 4 rings (SSSR count). The molecule has 0 radical (unpaired) electrons. The topological polar surface area (TPSA) is 68.3 Å². The zero-order chi connectivity index (χ0) is 21.8. The smallest absolute Gasteiger partial charge is 0.253 e. The monoisotopic (exact) mass is 424 g/mol. The Labute approximate surface area is 182 Å². The van der Waals surface area contributed by atoms with Crippen LogP contribution in [0.4, 0.5) is 0 Å². The summed E-state index contributed by atoms with van der Waals surface area (Å²) in [6, 6.07) is 14.8. The van der Waals surface area contributed by atoms with Crippen molar-refractivity contribution in [3.8, 4) is 11.5 Å². The van der Waals surface area contributed by atoms with Crippen LogP contribution in [-0.2, 0) is 9.53 Å². The van der Waals surface area contributed by atoms with Gasteiger partial charge in [-0.15, -0.1) is 0 Å². The van der Waals surface area contributed by atoms with Crippen molar-refractivity contribution in [3.05, 3.63) is 59.7 Å². The molecule has 2 aliphatic rings. The van der Waals surface area contributed by atoms with Gasteiger partial charge in [0.25, 0.3) is 5.91 Å². The SMILES string of the molecule is COc1ccc([C@@H]2CN(C(=O)c3ccccc3)C[C@@H]2C(=O)N2CCOCC2)c(OC)c1. The molecule has 0 saturated carbocycles. The molecule has 7 heteroatoms. The van der Waals surface area contributed by atoms with E-state index >= 15 is 0 Å². The van der Waals surface area contributed by atoms with Crippen molar-refractivity contribution in [1.29, 1.82) is 0 Å². The number of methoxy groups -OCH3 is 2. The minimum absolute atomic E-state index is 0.0599. The van der Waals surface area contributed by atoms with Crippen LogP contribution in [-0.4, -0.2) is 75.2 Å². The molecular weight excluding hydrogens is 396 g/mol. The number of morpholine rings is 1. The molecule has 2 fully saturated rings. The van der Waals surface area contributed by atoms with E-state index in [9.17, 15) is 9.59 Å². The van der Waals surface area contributed by atoms with E-state index in [1.807, 2.05) is 53.4 Å². The molecule has 0 aliphatic carbocycles. The van der Waals surface area contributed by atoms with Crippen LogP contribution in [0.3, 0.4) is 0 Å². The van der Waals surface area contributed by atoms with E-state index in [1.165, 1.54) is 0 Å². The first-order chi connectivity index (χ1) is 15.1. The molecule has 0 unspecified atom stereocenters. The van der Waals surface area contributed by atoms with Crippen molar-refractivity contribution in [1.82, 2.24) is 9.80 Å². The Hall–Kier alpha value is -3.06. The third kappa shape index (κ3) is 4.37. The fourth-order valence-corrected chi connectivity index (χ4v) is 4.44. The summed E-state index contributed by atoms with van der Waals surface area (Å²) >= 11 is 0. The number of amides is 2. The van der Waals surface area contributed by atoms with Gasteiger partial charge in [0.2, 0.25) is 5.91 Å². The van der Waals surface area contributed by atoms with Crippen molar-refractivity contribution >= 4 is 11.8 Å². The number of carbonyl (C=O) groups is 2. The Morgan fingerprint density at radius 1 is 0.935 bits per heavy atom. The van der Waals surface area contributed by atoms with E-state index in [-0.39, 0.29) is 23.7 Å². The third-order valence-electron chi connectivity index (χ3n) is 6.11. The van der Waals surface area contributed by atoms with E-state index in [4.69, 9.17) is 14.2 Å². The maximum atomic E-state index is 13.5. The number of ether oxygens (including phenoxy) is 3. The van der Waals surface area contributed by atoms with E-state index < -0.39 is 0 Å². The highest BCUT2D eigenvalue weighted by Crippen LogP contribution is 2.40. The minimum Gasteiger partial charge on any atom is -0.497 e. The number of nitrogens with zero attached hydrogens (tertiary/aromatic N) is 2. The Balaban J connectivity index is 1.66. The summed E-state index contributed by atoms with van der Waals surface area (Å²) in [6.45, 7) is 3.08. The second-order valence-electron chi connectivity index (χ2n) is 7.83. The summed E-state index contributed by atoms with van der Waals surface area (Å²) in [7, 11) is 3.22. The van der Waals surface area contributed by atoms with Gasteiger partial charge in [0.15, 0.2) is 0 Å². The molecule has 0 spiro atoms. The van der Waals surface area contributed by atoms with E-state index in [2.05, 4.69) is 0 Å². The molecule has 0 bridgehead atoms. The highest BCUT2D eigenvalue weighted by atomic mass is 16.5. The van der Waals surface area contributed by atoms with Gasteiger partial charge in [-0.2, -0.15) is 0 Å². The van der Waals surface area contributed by atoms with Crippen LogP contribution in [0.1, 0.15) is 21.8 Å². The molecule has 2 heterocycles. The molecule has 2 aliphatic heterocycles. The van der Waals surface area contributed by atoms with Crippen LogP contribution in [0.5, 0.6) is 11.5 Å². The first kappa shape index (κ1) is 21.2. The molecule has 2 saturated heterocycles. The number of rotatable bonds is 5. The zero-order valence-electron chi connectivity index (χ0n) is 18.0. The lowest BCUT2D eigenvalue weighted by atomic mass is 9.87. The van der Waals surface area contributed by atoms with Crippen molar-refractivity contribution < 1.29 is 23.8 Å². The largest absolute Gasteiger partial charge is 0.497 e. The lowest BCUT2D eigenvalue weighted by Gasteiger charge is -2.31. The zero-order valence-corrected chi connectivity index (χ0v) is 18.0. The first-order valence-corrected chi connectivity index (χ1v) is 10.5. The van der Waals surface area contributed by atoms with Gasteiger partial charge in [0.1, 0.15) is 11.5 Å². The number of hydrogen-bond acceptors (Lipinski definition) is 5. The fourth-order valence-electron chi connectivity index (χ4n) is 4.44. The summed E-state index contributed by atoms with van der Waals surface area (Å²) < 4.78 is 16.4. The molecule has 7 nitrogen and oxygen atoms in total. The number of benzene rings is 2. The van der Waals surface area contributed by atoms with Crippen LogP contribution in [0, 0.1) is 5.92 Å².